The molecular formula is C15H11ClF2O. The van der Waals surface area contributed by atoms with Crippen LogP contribution < -0.4 is 0 Å². The first-order valence-electron chi connectivity index (χ1n) is 5.66. The molecule has 98 valence electrons. The van der Waals surface area contributed by atoms with Gasteiger partial charge in [-0.3, -0.25) is 4.79 Å². The summed E-state index contributed by atoms with van der Waals surface area (Å²) in [6.45, 7) is 3.21. The van der Waals surface area contributed by atoms with Crippen molar-refractivity contribution in [3.05, 3.63) is 69.2 Å². The van der Waals surface area contributed by atoms with E-state index in [4.69, 9.17) is 11.6 Å². The van der Waals surface area contributed by atoms with Gasteiger partial charge in [0.25, 0.3) is 0 Å². The highest BCUT2D eigenvalue weighted by atomic mass is 35.5. The van der Waals surface area contributed by atoms with E-state index < -0.39 is 17.4 Å². The Morgan fingerprint density at radius 1 is 1.05 bits per heavy atom. The van der Waals surface area contributed by atoms with Gasteiger partial charge in [0.05, 0.1) is 5.56 Å². The first kappa shape index (κ1) is 13.7. The van der Waals surface area contributed by atoms with Crippen molar-refractivity contribution in [2.45, 2.75) is 13.8 Å². The van der Waals surface area contributed by atoms with E-state index in [0.717, 1.165) is 5.56 Å². The molecule has 0 N–H and O–H groups in total. The maximum atomic E-state index is 13.8. The Kier molecular flexibility index (Phi) is 3.67. The van der Waals surface area contributed by atoms with E-state index in [1.807, 2.05) is 0 Å². The average molecular weight is 281 g/mol. The molecule has 0 saturated carbocycles. The van der Waals surface area contributed by atoms with Gasteiger partial charge in [0.15, 0.2) is 17.4 Å². The summed E-state index contributed by atoms with van der Waals surface area (Å²) in [5, 5.41) is 0.386. The van der Waals surface area contributed by atoms with E-state index in [1.54, 1.807) is 19.1 Å². The molecule has 0 amide bonds. The van der Waals surface area contributed by atoms with Gasteiger partial charge in [-0.25, -0.2) is 8.78 Å². The van der Waals surface area contributed by atoms with Crippen LogP contribution in [0.3, 0.4) is 0 Å². The lowest BCUT2D eigenvalue weighted by molar-refractivity contribution is 0.103. The van der Waals surface area contributed by atoms with Crippen LogP contribution >= 0.6 is 11.6 Å². The summed E-state index contributed by atoms with van der Waals surface area (Å²) in [7, 11) is 0. The summed E-state index contributed by atoms with van der Waals surface area (Å²) in [6.07, 6.45) is 0. The molecule has 2 aromatic rings. The molecule has 2 rings (SSSR count). The van der Waals surface area contributed by atoms with Gasteiger partial charge in [0.1, 0.15) is 0 Å². The van der Waals surface area contributed by atoms with Gasteiger partial charge in [0, 0.05) is 10.6 Å². The zero-order chi connectivity index (χ0) is 14.2. The lowest BCUT2D eigenvalue weighted by Crippen LogP contribution is -2.07. The summed E-state index contributed by atoms with van der Waals surface area (Å²) in [4.78, 5) is 12.2. The molecule has 0 radical (unpaired) electrons. The number of rotatable bonds is 2. The van der Waals surface area contributed by atoms with Crippen LogP contribution in [0.5, 0.6) is 0 Å². The second-order valence-corrected chi connectivity index (χ2v) is 4.84. The number of hydrogen-bond donors (Lipinski definition) is 0. The molecule has 0 heterocycles. The second kappa shape index (κ2) is 5.10. The molecule has 0 aromatic heterocycles. The molecule has 2 aromatic carbocycles. The van der Waals surface area contributed by atoms with Crippen LogP contribution in [0.15, 0.2) is 30.3 Å². The van der Waals surface area contributed by atoms with Crippen LogP contribution in [0.1, 0.15) is 27.0 Å². The monoisotopic (exact) mass is 280 g/mol. The minimum absolute atomic E-state index is 0.163. The van der Waals surface area contributed by atoms with Crippen molar-refractivity contribution >= 4 is 17.4 Å². The number of ketones is 1. The Labute approximate surface area is 114 Å². The molecule has 0 spiro atoms. The van der Waals surface area contributed by atoms with Crippen molar-refractivity contribution in [2.24, 2.45) is 0 Å². The minimum Gasteiger partial charge on any atom is -0.288 e. The van der Waals surface area contributed by atoms with Crippen molar-refractivity contribution in [2.75, 3.05) is 0 Å². The fourth-order valence-electron chi connectivity index (χ4n) is 1.84. The van der Waals surface area contributed by atoms with Gasteiger partial charge in [-0.2, -0.15) is 0 Å². The second-order valence-electron chi connectivity index (χ2n) is 4.40. The van der Waals surface area contributed by atoms with Crippen molar-refractivity contribution in [3.8, 4) is 0 Å². The van der Waals surface area contributed by atoms with Crippen molar-refractivity contribution in [1.82, 2.24) is 0 Å². The highest BCUT2D eigenvalue weighted by Crippen LogP contribution is 2.21. The Morgan fingerprint density at radius 3 is 2.37 bits per heavy atom. The number of hydrogen-bond acceptors (Lipinski definition) is 1. The zero-order valence-corrected chi connectivity index (χ0v) is 11.2. The Hall–Kier alpha value is -1.74. The van der Waals surface area contributed by atoms with Gasteiger partial charge >= 0.3 is 0 Å². The fourth-order valence-corrected chi connectivity index (χ4v) is 2.13. The maximum Gasteiger partial charge on any atom is 0.196 e. The highest BCUT2D eigenvalue weighted by molar-refractivity contribution is 6.31. The maximum absolute atomic E-state index is 13.8. The molecule has 0 unspecified atom stereocenters. The summed E-state index contributed by atoms with van der Waals surface area (Å²) in [5.41, 5.74) is 0.900. The van der Waals surface area contributed by atoms with E-state index >= 15 is 0 Å². The molecule has 0 bridgehead atoms. The summed E-state index contributed by atoms with van der Waals surface area (Å²) >= 11 is 5.86. The summed E-state index contributed by atoms with van der Waals surface area (Å²) < 4.78 is 27.2. The van der Waals surface area contributed by atoms with Crippen molar-refractivity contribution < 1.29 is 13.6 Å². The number of benzene rings is 2. The summed E-state index contributed by atoms with van der Waals surface area (Å²) in [6, 6.07) is 7.37. The number of aryl methyl sites for hydroxylation is 2. The Balaban J connectivity index is 2.53. The lowest BCUT2D eigenvalue weighted by Gasteiger charge is -2.06. The third kappa shape index (κ3) is 2.66. The first-order valence-corrected chi connectivity index (χ1v) is 6.04. The van der Waals surface area contributed by atoms with Gasteiger partial charge in [-0.05, 0) is 49.2 Å². The zero-order valence-electron chi connectivity index (χ0n) is 10.4. The van der Waals surface area contributed by atoms with E-state index in [0.29, 0.717) is 5.02 Å². The van der Waals surface area contributed by atoms with Gasteiger partial charge in [0.2, 0.25) is 0 Å². The lowest BCUT2D eigenvalue weighted by atomic mass is 10.00. The SMILES string of the molecule is Cc1cc(Cl)cc(C(=O)c2ccc(C)c(F)c2F)c1. The van der Waals surface area contributed by atoms with Gasteiger partial charge in [-0.1, -0.05) is 17.7 Å². The smallest absolute Gasteiger partial charge is 0.196 e. The normalized spacial score (nSPS) is 10.6. The van der Waals surface area contributed by atoms with Crippen LogP contribution in [0, 0.1) is 25.5 Å². The standard InChI is InChI=1S/C15H11ClF2O/c1-8-5-10(7-11(16)6-8)15(19)12-4-3-9(2)13(17)14(12)18/h3-7H,1-2H3. The molecule has 0 fully saturated rings. The van der Waals surface area contributed by atoms with Crippen molar-refractivity contribution in [3.63, 3.8) is 0 Å². The average Bonchev–Trinajstić information content (AvgIpc) is 2.34. The Morgan fingerprint density at radius 2 is 1.74 bits per heavy atom. The number of carbonyl (C=O) groups is 1. The summed E-state index contributed by atoms with van der Waals surface area (Å²) in [5.74, 6) is -2.70. The molecule has 19 heavy (non-hydrogen) atoms. The van der Waals surface area contributed by atoms with E-state index in [-0.39, 0.29) is 16.7 Å². The van der Waals surface area contributed by atoms with Gasteiger partial charge in [-0.15, -0.1) is 0 Å². The number of carbonyl (C=O) groups excluding carboxylic acids is 1. The molecule has 0 aliphatic carbocycles. The van der Waals surface area contributed by atoms with Gasteiger partial charge < -0.3 is 0 Å². The fraction of sp³-hybridized carbons (Fsp3) is 0.133. The quantitative estimate of drug-likeness (QED) is 0.742. The van der Waals surface area contributed by atoms with Crippen LogP contribution in [0.2, 0.25) is 5.02 Å². The van der Waals surface area contributed by atoms with Crippen molar-refractivity contribution in [1.29, 1.82) is 0 Å². The molecule has 0 aliphatic rings. The molecule has 0 aliphatic heterocycles. The largest absolute Gasteiger partial charge is 0.288 e. The van der Waals surface area contributed by atoms with E-state index in [2.05, 4.69) is 0 Å². The third-order valence-electron chi connectivity index (χ3n) is 2.82. The van der Waals surface area contributed by atoms with E-state index in [9.17, 15) is 13.6 Å². The topological polar surface area (TPSA) is 17.1 Å². The van der Waals surface area contributed by atoms with Crippen LogP contribution in [-0.4, -0.2) is 5.78 Å². The third-order valence-corrected chi connectivity index (χ3v) is 3.04. The van der Waals surface area contributed by atoms with E-state index in [1.165, 1.54) is 25.1 Å². The molecule has 4 heteroatoms. The molecule has 0 saturated heterocycles. The molecule has 1 nitrogen and oxygen atoms in total. The Bertz CT molecular complexity index is 645. The highest BCUT2D eigenvalue weighted by Gasteiger charge is 2.18. The van der Waals surface area contributed by atoms with Crippen LogP contribution in [0.4, 0.5) is 8.78 Å². The molecular weight excluding hydrogens is 270 g/mol. The predicted octanol–water partition coefficient (Wildman–Crippen LogP) is 4.47. The molecule has 0 atom stereocenters. The van der Waals surface area contributed by atoms with Crippen LogP contribution in [0.25, 0.3) is 0 Å². The minimum atomic E-state index is -1.12. The first-order chi connectivity index (χ1) is 8.90. The predicted molar refractivity (Wildman–Crippen MR) is 70.7 cm³/mol. The van der Waals surface area contributed by atoms with Crippen LogP contribution in [-0.2, 0) is 0 Å². The number of halogens is 3.